The van der Waals surface area contributed by atoms with E-state index < -0.39 is 0 Å². The van der Waals surface area contributed by atoms with Gasteiger partial charge in [0, 0.05) is 36.4 Å². The molecule has 26 heavy (non-hydrogen) atoms. The fourth-order valence-electron chi connectivity index (χ4n) is 3.28. The van der Waals surface area contributed by atoms with Crippen LogP contribution in [-0.4, -0.2) is 36.5 Å². The van der Waals surface area contributed by atoms with Crippen LogP contribution in [-0.2, 0) is 6.54 Å². The van der Waals surface area contributed by atoms with Gasteiger partial charge in [-0.2, -0.15) is 4.98 Å². The molecule has 3 aromatic heterocycles. The maximum Gasteiger partial charge on any atom is 0.224 e. The molecule has 1 aliphatic rings. The van der Waals surface area contributed by atoms with E-state index >= 15 is 0 Å². The van der Waals surface area contributed by atoms with E-state index in [1.165, 1.54) is 12.8 Å². The third kappa shape index (κ3) is 2.51. The van der Waals surface area contributed by atoms with Crippen LogP contribution in [0.3, 0.4) is 0 Å². The predicted molar refractivity (Wildman–Crippen MR) is 102 cm³/mol. The van der Waals surface area contributed by atoms with E-state index in [0.717, 1.165) is 46.3 Å². The van der Waals surface area contributed by atoms with Crippen molar-refractivity contribution in [3.8, 4) is 11.1 Å². The Bertz CT molecular complexity index is 1100. The second-order valence-electron chi connectivity index (χ2n) is 7.43. The first-order valence-corrected chi connectivity index (χ1v) is 9.07. The molecule has 1 saturated carbocycles. The third-order valence-electron chi connectivity index (χ3n) is 5.33. The lowest BCUT2D eigenvalue weighted by molar-refractivity contribution is 0.608. The van der Waals surface area contributed by atoms with Crippen LogP contribution in [0, 0.1) is 5.41 Å². The van der Waals surface area contributed by atoms with E-state index in [0.29, 0.717) is 11.4 Å². The molecule has 0 atom stereocenters. The summed E-state index contributed by atoms with van der Waals surface area (Å²) in [5, 5.41) is 12.8. The van der Waals surface area contributed by atoms with Crippen LogP contribution in [0.4, 0.5) is 5.95 Å². The molecule has 0 saturated heterocycles. The van der Waals surface area contributed by atoms with Crippen LogP contribution in [0.2, 0.25) is 0 Å². The van der Waals surface area contributed by atoms with Gasteiger partial charge in [0.05, 0.1) is 5.52 Å². The van der Waals surface area contributed by atoms with Crippen molar-refractivity contribution in [1.82, 2.24) is 29.9 Å². The van der Waals surface area contributed by atoms with Crippen molar-refractivity contribution >= 4 is 28.0 Å². The number of aromatic nitrogens is 6. The maximum atomic E-state index is 4.63. The Hall–Kier alpha value is -2.96. The molecule has 0 unspecified atom stereocenters. The van der Waals surface area contributed by atoms with Crippen LogP contribution in [0.1, 0.15) is 26.7 Å². The van der Waals surface area contributed by atoms with Gasteiger partial charge >= 0.3 is 0 Å². The Labute approximate surface area is 150 Å². The summed E-state index contributed by atoms with van der Waals surface area (Å²) in [6.07, 6.45) is 6.44. The highest BCUT2D eigenvalue weighted by Crippen LogP contribution is 2.44. The maximum absolute atomic E-state index is 4.63. The molecule has 2 N–H and O–H groups in total. The molecule has 4 aromatic rings. The minimum Gasteiger partial charge on any atom is -0.354 e. The van der Waals surface area contributed by atoms with Crippen molar-refractivity contribution in [1.29, 1.82) is 0 Å². The van der Waals surface area contributed by atoms with Gasteiger partial charge in [0.1, 0.15) is 11.2 Å². The van der Waals surface area contributed by atoms with Gasteiger partial charge in [0.25, 0.3) is 0 Å². The number of fused-ring (bicyclic) bond motifs is 2. The molecule has 3 heterocycles. The monoisotopic (exact) mass is 347 g/mol. The second kappa shape index (κ2) is 5.52. The van der Waals surface area contributed by atoms with Crippen LogP contribution in [0.25, 0.3) is 33.2 Å². The molecule has 7 nitrogen and oxygen atoms in total. The van der Waals surface area contributed by atoms with E-state index in [9.17, 15) is 0 Å². The molecule has 1 aliphatic carbocycles. The number of anilines is 1. The zero-order chi connectivity index (χ0) is 17.7. The Morgan fingerprint density at radius 1 is 1.31 bits per heavy atom. The van der Waals surface area contributed by atoms with Gasteiger partial charge in [-0.3, -0.25) is 0 Å². The molecular weight excluding hydrogens is 326 g/mol. The number of benzene rings is 1. The Morgan fingerprint density at radius 3 is 3.00 bits per heavy atom. The van der Waals surface area contributed by atoms with Gasteiger partial charge in [0.15, 0.2) is 0 Å². The van der Waals surface area contributed by atoms with Crippen LogP contribution in [0.15, 0.2) is 30.6 Å². The normalized spacial score (nSPS) is 15.6. The zero-order valence-electron chi connectivity index (χ0n) is 15.0. The number of aromatic amines is 1. The largest absolute Gasteiger partial charge is 0.354 e. The Balaban J connectivity index is 1.50. The molecule has 5 rings (SSSR count). The van der Waals surface area contributed by atoms with Crippen molar-refractivity contribution in [2.24, 2.45) is 5.41 Å². The number of hydrogen-bond donors (Lipinski definition) is 2. The van der Waals surface area contributed by atoms with Gasteiger partial charge in [0.2, 0.25) is 5.95 Å². The molecule has 0 aliphatic heterocycles. The first-order chi connectivity index (χ1) is 12.6. The van der Waals surface area contributed by atoms with Gasteiger partial charge < -0.3 is 10.3 Å². The van der Waals surface area contributed by atoms with E-state index in [1.54, 1.807) is 0 Å². The van der Waals surface area contributed by atoms with Crippen molar-refractivity contribution in [2.45, 2.75) is 33.2 Å². The van der Waals surface area contributed by atoms with E-state index in [1.807, 2.05) is 23.1 Å². The minimum atomic E-state index is 0.422. The summed E-state index contributed by atoms with van der Waals surface area (Å²) in [6, 6.07) is 6.21. The van der Waals surface area contributed by atoms with E-state index in [4.69, 9.17) is 0 Å². The number of hydrogen-bond acceptors (Lipinski definition) is 5. The summed E-state index contributed by atoms with van der Waals surface area (Å²) < 4.78 is 1.91. The van der Waals surface area contributed by atoms with Crippen molar-refractivity contribution in [2.75, 3.05) is 11.9 Å². The number of rotatable bonds is 5. The van der Waals surface area contributed by atoms with E-state index in [-0.39, 0.29) is 0 Å². The first kappa shape index (κ1) is 15.3. The summed E-state index contributed by atoms with van der Waals surface area (Å²) in [5.41, 5.74) is 5.41. The molecule has 7 heteroatoms. The smallest absolute Gasteiger partial charge is 0.224 e. The Morgan fingerprint density at radius 2 is 2.19 bits per heavy atom. The number of aryl methyl sites for hydroxylation is 1. The minimum absolute atomic E-state index is 0.422. The fraction of sp³-hybridized carbons (Fsp3) is 0.368. The molecule has 132 valence electrons. The summed E-state index contributed by atoms with van der Waals surface area (Å²) in [7, 11) is 0. The van der Waals surface area contributed by atoms with Crippen LogP contribution < -0.4 is 5.32 Å². The molecule has 1 aromatic carbocycles. The topological polar surface area (TPSA) is 84.3 Å². The highest BCUT2D eigenvalue weighted by Gasteiger charge is 2.36. The molecule has 0 bridgehead atoms. The first-order valence-electron chi connectivity index (χ1n) is 9.07. The standard InChI is InChI=1S/C19H21N7/c1-3-26-16-8-12(4-5-15(16)24-25-26)13-9-20-17-14(13)10-21-18(23-17)22-11-19(2)6-7-19/h4-5,8-10H,3,6-7,11H2,1-2H3,(H2,20,21,22,23). The van der Waals surface area contributed by atoms with Crippen LogP contribution >= 0.6 is 0 Å². The highest BCUT2D eigenvalue weighted by atomic mass is 15.4. The van der Waals surface area contributed by atoms with Gasteiger partial charge in [-0.15, -0.1) is 5.10 Å². The average Bonchev–Trinajstić information content (AvgIpc) is 3.08. The van der Waals surface area contributed by atoms with Gasteiger partial charge in [-0.05, 0) is 42.9 Å². The lowest BCUT2D eigenvalue weighted by Crippen LogP contribution is -2.13. The highest BCUT2D eigenvalue weighted by molar-refractivity contribution is 5.95. The molecular formula is C19H21N7. The number of H-pyrrole nitrogens is 1. The lowest BCUT2D eigenvalue weighted by Gasteiger charge is -2.09. The number of nitrogens with zero attached hydrogens (tertiary/aromatic N) is 5. The molecule has 1 fully saturated rings. The van der Waals surface area contributed by atoms with Crippen molar-refractivity contribution in [3.05, 3.63) is 30.6 Å². The third-order valence-corrected chi connectivity index (χ3v) is 5.33. The van der Waals surface area contributed by atoms with Crippen molar-refractivity contribution < 1.29 is 0 Å². The quantitative estimate of drug-likeness (QED) is 0.576. The summed E-state index contributed by atoms with van der Waals surface area (Å²) in [6.45, 7) is 6.08. The molecule has 0 radical (unpaired) electrons. The Kier molecular flexibility index (Phi) is 3.25. The van der Waals surface area contributed by atoms with Crippen molar-refractivity contribution in [3.63, 3.8) is 0 Å². The molecule has 0 spiro atoms. The number of nitrogens with one attached hydrogen (secondary N) is 2. The summed E-state index contributed by atoms with van der Waals surface area (Å²) >= 11 is 0. The predicted octanol–water partition coefficient (Wildman–Crippen LogP) is 3.60. The zero-order valence-corrected chi connectivity index (χ0v) is 15.0. The van der Waals surface area contributed by atoms with Crippen LogP contribution in [0.5, 0.6) is 0 Å². The van der Waals surface area contributed by atoms with Gasteiger partial charge in [-0.25, -0.2) is 9.67 Å². The van der Waals surface area contributed by atoms with E-state index in [2.05, 4.69) is 56.6 Å². The molecule has 0 amide bonds. The second-order valence-corrected chi connectivity index (χ2v) is 7.43. The summed E-state index contributed by atoms with van der Waals surface area (Å²) in [5.74, 6) is 0.683. The summed E-state index contributed by atoms with van der Waals surface area (Å²) in [4.78, 5) is 12.4. The average molecular weight is 347 g/mol. The lowest BCUT2D eigenvalue weighted by atomic mass is 10.1. The SMILES string of the molecule is CCn1nnc2ccc(-c3c[nH]c4nc(NCC5(C)CC5)ncc34)cc21. The van der Waals surface area contributed by atoms with Gasteiger partial charge in [-0.1, -0.05) is 18.2 Å². The fourth-order valence-corrected chi connectivity index (χ4v) is 3.28.